The fourth-order valence-corrected chi connectivity index (χ4v) is 4.01. The van der Waals surface area contributed by atoms with Crippen molar-refractivity contribution in [2.75, 3.05) is 24.8 Å². The van der Waals surface area contributed by atoms with Crippen molar-refractivity contribution in [1.29, 1.82) is 0 Å². The number of amides is 1. The van der Waals surface area contributed by atoms with Gasteiger partial charge in [0.1, 0.15) is 5.82 Å². The van der Waals surface area contributed by atoms with E-state index >= 15 is 0 Å². The van der Waals surface area contributed by atoms with Gasteiger partial charge in [0, 0.05) is 18.7 Å². The van der Waals surface area contributed by atoms with Crippen LogP contribution in [0.2, 0.25) is 0 Å². The van der Waals surface area contributed by atoms with Crippen molar-refractivity contribution in [3.63, 3.8) is 0 Å². The minimum atomic E-state index is -3.43. The summed E-state index contributed by atoms with van der Waals surface area (Å²) < 4.78 is 30.9. The van der Waals surface area contributed by atoms with Gasteiger partial charge in [-0.2, -0.15) is 5.10 Å². The Morgan fingerprint density at radius 1 is 1.10 bits per heavy atom. The molecular formula is C21H23N3O4S. The Labute approximate surface area is 170 Å². The number of aromatic nitrogens is 2. The molecule has 1 aromatic heterocycles. The number of carbonyl (C=O) groups excluding carboxylic acids is 1. The summed E-state index contributed by atoms with van der Waals surface area (Å²) in [6, 6.07) is 17.5. The number of sulfone groups is 1. The topological polar surface area (TPSA) is 90.3 Å². The van der Waals surface area contributed by atoms with Crippen LogP contribution in [0, 0.1) is 6.92 Å². The van der Waals surface area contributed by atoms with Crippen LogP contribution in [0.1, 0.15) is 21.6 Å². The SMILES string of the molecule is COCCS(=O)(=O)c1ccc(C(=O)Nc2cc(C)nn2Cc2ccccc2)cc1. The number of nitrogens with one attached hydrogen (secondary N) is 1. The quantitative estimate of drug-likeness (QED) is 0.613. The summed E-state index contributed by atoms with van der Waals surface area (Å²) in [5, 5.41) is 7.29. The van der Waals surface area contributed by atoms with Gasteiger partial charge in [0.25, 0.3) is 5.91 Å². The van der Waals surface area contributed by atoms with Crippen molar-refractivity contribution >= 4 is 21.6 Å². The zero-order chi connectivity index (χ0) is 20.9. The molecule has 3 rings (SSSR count). The van der Waals surface area contributed by atoms with Crippen molar-refractivity contribution in [3.8, 4) is 0 Å². The van der Waals surface area contributed by atoms with Gasteiger partial charge in [-0.1, -0.05) is 30.3 Å². The van der Waals surface area contributed by atoms with Gasteiger partial charge in [-0.05, 0) is 36.8 Å². The van der Waals surface area contributed by atoms with Gasteiger partial charge in [0.2, 0.25) is 0 Å². The zero-order valence-corrected chi connectivity index (χ0v) is 17.1. The molecule has 0 aliphatic carbocycles. The van der Waals surface area contributed by atoms with Crippen LogP contribution >= 0.6 is 0 Å². The highest BCUT2D eigenvalue weighted by molar-refractivity contribution is 7.91. The average molecular weight is 413 g/mol. The number of anilines is 1. The van der Waals surface area contributed by atoms with E-state index in [2.05, 4.69) is 10.4 Å². The average Bonchev–Trinajstić information content (AvgIpc) is 3.05. The lowest BCUT2D eigenvalue weighted by Crippen LogP contribution is -2.16. The van der Waals surface area contributed by atoms with E-state index in [0.29, 0.717) is 17.9 Å². The van der Waals surface area contributed by atoms with Crippen molar-refractivity contribution in [2.45, 2.75) is 18.4 Å². The molecule has 0 radical (unpaired) electrons. The molecule has 0 spiro atoms. The minimum Gasteiger partial charge on any atom is -0.384 e. The standard InChI is InChI=1S/C21H23N3O4S/c1-16-14-20(24(23-16)15-17-6-4-3-5-7-17)22-21(25)18-8-10-19(11-9-18)29(26,27)13-12-28-2/h3-11,14H,12-13,15H2,1-2H3,(H,22,25). The third-order valence-electron chi connectivity index (χ3n) is 4.35. The second kappa shape index (κ2) is 9.02. The van der Waals surface area contributed by atoms with Crippen molar-refractivity contribution < 1.29 is 17.9 Å². The summed E-state index contributed by atoms with van der Waals surface area (Å²) in [7, 11) is -1.98. The van der Waals surface area contributed by atoms with Gasteiger partial charge in [0.15, 0.2) is 9.84 Å². The Morgan fingerprint density at radius 3 is 2.45 bits per heavy atom. The van der Waals surface area contributed by atoms with Crippen LogP contribution in [0.15, 0.2) is 65.6 Å². The molecule has 0 saturated carbocycles. The maximum absolute atomic E-state index is 12.6. The van der Waals surface area contributed by atoms with Gasteiger partial charge in [-0.25, -0.2) is 13.1 Å². The van der Waals surface area contributed by atoms with Crippen molar-refractivity contribution in [3.05, 3.63) is 77.5 Å². The monoisotopic (exact) mass is 413 g/mol. The van der Waals surface area contributed by atoms with E-state index in [9.17, 15) is 13.2 Å². The van der Waals surface area contributed by atoms with E-state index in [1.54, 1.807) is 10.7 Å². The van der Waals surface area contributed by atoms with Crippen LogP contribution in [0.5, 0.6) is 0 Å². The molecule has 0 bridgehead atoms. The number of aryl methyl sites for hydroxylation is 1. The molecule has 7 nitrogen and oxygen atoms in total. The van der Waals surface area contributed by atoms with Crippen LogP contribution in [-0.4, -0.2) is 43.6 Å². The highest BCUT2D eigenvalue weighted by Crippen LogP contribution is 2.16. The van der Waals surface area contributed by atoms with Crippen LogP contribution in [0.4, 0.5) is 5.82 Å². The molecule has 1 amide bonds. The Balaban J connectivity index is 1.74. The normalized spacial score (nSPS) is 11.4. The van der Waals surface area contributed by atoms with E-state index in [-0.39, 0.29) is 23.2 Å². The Bertz CT molecular complexity index is 1070. The second-order valence-corrected chi connectivity index (χ2v) is 8.71. The summed E-state index contributed by atoms with van der Waals surface area (Å²) >= 11 is 0. The van der Waals surface area contributed by atoms with E-state index in [1.165, 1.54) is 31.4 Å². The van der Waals surface area contributed by atoms with Crippen LogP contribution in [0.25, 0.3) is 0 Å². The molecule has 0 saturated heterocycles. The Morgan fingerprint density at radius 2 is 1.79 bits per heavy atom. The lowest BCUT2D eigenvalue weighted by molar-refractivity contribution is 0.102. The number of carbonyl (C=O) groups is 1. The minimum absolute atomic E-state index is 0.104. The second-order valence-electron chi connectivity index (χ2n) is 6.60. The fourth-order valence-electron chi connectivity index (χ4n) is 2.84. The molecule has 152 valence electrons. The summed E-state index contributed by atoms with van der Waals surface area (Å²) in [6.45, 7) is 2.51. The van der Waals surface area contributed by atoms with Gasteiger partial charge in [0.05, 0.1) is 29.5 Å². The molecule has 0 fully saturated rings. The lowest BCUT2D eigenvalue weighted by Gasteiger charge is -2.10. The Hall–Kier alpha value is -2.97. The predicted molar refractivity (Wildman–Crippen MR) is 111 cm³/mol. The Kier molecular flexibility index (Phi) is 6.46. The molecule has 1 heterocycles. The molecular weight excluding hydrogens is 390 g/mol. The molecule has 29 heavy (non-hydrogen) atoms. The first-order valence-electron chi connectivity index (χ1n) is 9.10. The van der Waals surface area contributed by atoms with Gasteiger partial charge in [-0.3, -0.25) is 4.79 Å². The van der Waals surface area contributed by atoms with Crippen molar-refractivity contribution in [2.24, 2.45) is 0 Å². The zero-order valence-electron chi connectivity index (χ0n) is 16.3. The molecule has 1 N–H and O–H groups in total. The molecule has 3 aromatic rings. The number of nitrogens with zero attached hydrogens (tertiary/aromatic N) is 2. The summed E-state index contributed by atoms with van der Waals surface area (Å²) in [4.78, 5) is 12.8. The van der Waals surface area contributed by atoms with E-state index in [4.69, 9.17) is 4.74 Å². The van der Waals surface area contributed by atoms with Gasteiger partial charge < -0.3 is 10.1 Å². The van der Waals surface area contributed by atoms with E-state index < -0.39 is 9.84 Å². The number of rotatable bonds is 8. The maximum atomic E-state index is 12.6. The first-order chi connectivity index (χ1) is 13.9. The number of hydrogen-bond donors (Lipinski definition) is 1. The largest absolute Gasteiger partial charge is 0.384 e. The highest BCUT2D eigenvalue weighted by atomic mass is 32.2. The summed E-state index contributed by atoms with van der Waals surface area (Å²) in [5.74, 6) is 0.140. The van der Waals surface area contributed by atoms with E-state index in [0.717, 1.165) is 11.3 Å². The first kappa shape index (κ1) is 20.8. The molecule has 0 aliphatic heterocycles. The van der Waals surface area contributed by atoms with Gasteiger partial charge >= 0.3 is 0 Å². The molecule has 8 heteroatoms. The molecule has 0 aliphatic rings. The van der Waals surface area contributed by atoms with Gasteiger partial charge in [-0.15, -0.1) is 0 Å². The fraction of sp³-hybridized carbons (Fsp3) is 0.238. The number of ether oxygens (including phenoxy) is 1. The summed E-state index contributed by atoms with van der Waals surface area (Å²) in [6.07, 6.45) is 0. The summed E-state index contributed by atoms with van der Waals surface area (Å²) in [5.41, 5.74) is 2.22. The predicted octanol–water partition coefficient (Wildman–Crippen LogP) is 2.91. The third kappa shape index (κ3) is 5.30. The van der Waals surface area contributed by atoms with E-state index in [1.807, 2.05) is 37.3 Å². The van der Waals surface area contributed by atoms with Crippen molar-refractivity contribution in [1.82, 2.24) is 9.78 Å². The molecule has 0 atom stereocenters. The number of hydrogen-bond acceptors (Lipinski definition) is 5. The maximum Gasteiger partial charge on any atom is 0.256 e. The van der Waals surface area contributed by atoms with Crippen LogP contribution < -0.4 is 5.32 Å². The number of benzene rings is 2. The molecule has 0 unspecified atom stereocenters. The smallest absolute Gasteiger partial charge is 0.256 e. The van der Waals surface area contributed by atoms with Crippen LogP contribution in [0.3, 0.4) is 0 Å². The first-order valence-corrected chi connectivity index (χ1v) is 10.8. The number of methoxy groups -OCH3 is 1. The van der Waals surface area contributed by atoms with Crippen LogP contribution in [-0.2, 0) is 21.1 Å². The third-order valence-corrected chi connectivity index (χ3v) is 6.05. The lowest BCUT2D eigenvalue weighted by atomic mass is 10.2. The molecule has 2 aromatic carbocycles. The highest BCUT2D eigenvalue weighted by Gasteiger charge is 2.16.